The minimum atomic E-state index is -1.01. The van der Waals surface area contributed by atoms with Crippen molar-refractivity contribution in [3.05, 3.63) is 41.8 Å². The number of hydrogen-bond donors (Lipinski definition) is 3. The lowest BCUT2D eigenvalue weighted by atomic mass is 9.85. The molecule has 146 valence electrons. The summed E-state index contributed by atoms with van der Waals surface area (Å²) in [6.45, 7) is 0.507. The molecule has 0 unspecified atom stereocenters. The van der Waals surface area contributed by atoms with Crippen LogP contribution in [0.3, 0.4) is 0 Å². The van der Waals surface area contributed by atoms with Gasteiger partial charge in [-0.25, -0.2) is 9.18 Å². The Morgan fingerprint density at radius 2 is 1.96 bits per heavy atom. The highest BCUT2D eigenvalue weighted by Crippen LogP contribution is 2.35. The van der Waals surface area contributed by atoms with Gasteiger partial charge in [-0.15, -0.1) is 0 Å². The van der Waals surface area contributed by atoms with E-state index in [2.05, 4.69) is 16.5 Å². The van der Waals surface area contributed by atoms with Crippen molar-refractivity contribution in [1.82, 2.24) is 14.7 Å². The first kappa shape index (κ1) is 19.2. The van der Waals surface area contributed by atoms with E-state index >= 15 is 0 Å². The van der Waals surface area contributed by atoms with E-state index in [1.165, 1.54) is 40.0 Å². The Morgan fingerprint density at radius 3 is 2.50 bits per heavy atom. The first-order chi connectivity index (χ1) is 13.3. The van der Waals surface area contributed by atoms with Crippen molar-refractivity contribution in [2.75, 3.05) is 18.4 Å². The molecule has 4 N–H and O–H groups in total. The number of nitriles is 1. The molecule has 9 nitrogen and oxygen atoms in total. The van der Waals surface area contributed by atoms with Gasteiger partial charge in [-0.1, -0.05) is 0 Å². The molecule has 10 heteroatoms. The molecule has 2 heterocycles. The fourth-order valence-corrected chi connectivity index (χ4v) is 3.31. The Labute approximate surface area is 160 Å². The molecule has 3 rings (SSSR count). The molecule has 1 aliphatic heterocycles. The van der Waals surface area contributed by atoms with Crippen LogP contribution in [0.4, 0.5) is 20.7 Å². The van der Waals surface area contributed by atoms with Gasteiger partial charge < -0.3 is 21.1 Å². The van der Waals surface area contributed by atoms with Gasteiger partial charge in [0.15, 0.2) is 5.82 Å². The SMILES string of the molecule is N#CCC1(n2cc(C(N)=O)c(Nc3ccc(F)cc3)n2)CCN(C(=O)O)CC1. The van der Waals surface area contributed by atoms with Gasteiger partial charge in [-0.3, -0.25) is 9.48 Å². The number of nitrogens with one attached hydrogen (secondary N) is 1. The number of carbonyl (C=O) groups excluding carboxylic acids is 1. The molecule has 2 amide bonds. The Morgan fingerprint density at radius 1 is 1.32 bits per heavy atom. The summed E-state index contributed by atoms with van der Waals surface area (Å²) >= 11 is 0. The number of carbonyl (C=O) groups is 2. The first-order valence-electron chi connectivity index (χ1n) is 8.62. The lowest BCUT2D eigenvalue weighted by molar-refractivity contribution is 0.0888. The highest BCUT2D eigenvalue weighted by molar-refractivity contribution is 5.98. The van der Waals surface area contributed by atoms with Crippen LogP contribution in [0.5, 0.6) is 0 Å². The summed E-state index contributed by atoms with van der Waals surface area (Å²) in [4.78, 5) is 24.3. The largest absolute Gasteiger partial charge is 0.465 e. The van der Waals surface area contributed by atoms with Crippen molar-refractivity contribution in [3.8, 4) is 6.07 Å². The average molecular weight is 386 g/mol. The van der Waals surface area contributed by atoms with Crippen LogP contribution in [0.1, 0.15) is 29.6 Å². The Bertz CT molecular complexity index is 926. The number of aromatic nitrogens is 2. The van der Waals surface area contributed by atoms with Crippen LogP contribution in [-0.2, 0) is 5.54 Å². The van der Waals surface area contributed by atoms with Crippen molar-refractivity contribution in [2.45, 2.75) is 24.8 Å². The zero-order chi connectivity index (χ0) is 20.3. The van der Waals surface area contributed by atoms with E-state index in [1.54, 1.807) is 0 Å². The standard InChI is InChI=1S/C18H19FN6O3/c19-12-1-3-13(4-2-12)22-16-14(15(21)26)11-25(23-16)18(5-8-20)6-9-24(10-7-18)17(27)28/h1-4,11H,5-7,9-10H2,(H2,21,26)(H,22,23)(H,27,28). The number of carboxylic acid groups (broad SMARTS) is 1. The maximum absolute atomic E-state index is 13.1. The lowest BCUT2D eigenvalue weighted by Crippen LogP contribution is -2.47. The quantitative estimate of drug-likeness (QED) is 0.721. The Balaban J connectivity index is 1.94. The van der Waals surface area contributed by atoms with Gasteiger partial charge in [-0.05, 0) is 37.1 Å². The predicted octanol–water partition coefficient (Wildman–Crippen LogP) is 2.25. The second kappa shape index (κ2) is 7.56. The number of anilines is 2. The van der Waals surface area contributed by atoms with Crippen LogP contribution < -0.4 is 11.1 Å². The van der Waals surface area contributed by atoms with Crippen LogP contribution >= 0.6 is 0 Å². The number of hydrogen-bond acceptors (Lipinski definition) is 5. The zero-order valence-corrected chi connectivity index (χ0v) is 14.9. The lowest BCUT2D eigenvalue weighted by Gasteiger charge is -2.39. The molecule has 0 aliphatic carbocycles. The number of amides is 2. The van der Waals surface area contributed by atoms with E-state index < -0.39 is 23.4 Å². The first-order valence-corrected chi connectivity index (χ1v) is 8.62. The molecule has 0 spiro atoms. The third-order valence-electron chi connectivity index (χ3n) is 4.95. The monoisotopic (exact) mass is 386 g/mol. The van der Waals surface area contributed by atoms with Crippen molar-refractivity contribution in [2.24, 2.45) is 5.73 Å². The molecule has 2 aromatic rings. The van der Waals surface area contributed by atoms with Crippen molar-refractivity contribution >= 4 is 23.5 Å². The van der Waals surface area contributed by atoms with Gasteiger partial charge in [0, 0.05) is 25.0 Å². The topological polar surface area (TPSA) is 137 Å². The number of benzene rings is 1. The number of nitrogens with zero attached hydrogens (tertiary/aromatic N) is 4. The van der Waals surface area contributed by atoms with E-state index in [1.807, 2.05) is 0 Å². The molecule has 1 fully saturated rings. The van der Waals surface area contributed by atoms with Crippen LogP contribution in [0.15, 0.2) is 30.5 Å². The van der Waals surface area contributed by atoms with Crippen molar-refractivity contribution in [1.29, 1.82) is 5.26 Å². The van der Waals surface area contributed by atoms with Gasteiger partial charge in [0.05, 0.1) is 18.0 Å². The number of nitrogens with two attached hydrogens (primary N) is 1. The molecule has 0 bridgehead atoms. The number of rotatable bonds is 5. The molecule has 1 saturated heterocycles. The second-order valence-electron chi connectivity index (χ2n) is 6.66. The molecule has 1 aromatic heterocycles. The minimum absolute atomic E-state index is 0.107. The fourth-order valence-electron chi connectivity index (χ4n) is 3.31. The number of halogens is 1. The normalized spacial score (nSPS) is 15.6. The minimum Gasteiger partial charge on any atom is -0.465 e. The number of piperidine rings is 1. The molecule has 0 atom stereocenters. The van der Waals surface area contributed by atoms with Gasteiger partial charge in [0.25, 0.3) is 5.91 Å². The van der Waals surface area contributed by atoms with Gasteiger partial charge >= 0.3 is 6.09 Å². The summed E-state index contributed by atoms with van der Waals surface area (Å²) < 4.78 is 14.6. The number of likely N-dealkylation sites (tertiary alicyclic amines) is 1. The van der Waals surface area contributed by atoms with Crippen molar-refractivity contribution in [3.63, 3.8) is 0 Å². The molecule has 0 radical (unpaired) electrons. The van der Waals surface area contributed by atoms with E-state index in [4.69, 9.17) is 10.8 Å². The maximum Gasteiger partial charge on any atom is 0.407 e. The Kier molecular flexibility index (Phi) is 5.17. The summed E-state index contributed by atoms with van der Waals surface area (Å²) in [5.41, 5.74) is 5.37. The predicted molar refractivity (Wildman–Crippen MR) is 97.5 cm³/mol. The Hall–Kier alpha value is -3.61. The maximum atomic E-state index is 13.1. The summed E-state index contributed by atoms with van der Waals surface area (Å²) in [7, 11) is 0. The molecule has 28 heavy (non-hydrogen) atoms. The molecule has 0 saturated carbocycles. The summed E-state index contributed by atoms with van der Waals surface area (Å²) in [5, 5.41) is 25.8. The third-order valence-corrected chi connectivity index (χ3v) is 4.95. The van der Waals surface area contributed by atoms with E-state index in [0.29, 0.717) is 18.5 Å². The zero-order valence-electron chi connectivity index (χ0n) is 14.9. The van der Waals surface area contributed by atoms with Crippen molar-refractivity contribution < 1.29 is 19.1 Å². The second-order valence-corrected chi connectivity index (χ2v) is 6.66. The fraction of sp³-hybridized carbons (Fsp3) is 0.333. The highest BCUT2D eigenvalue weighted by Gasteiger charge is 2.39. The summed E-state index contributed by atoms with van der Waals surface area (Å²) in [6, 6.07) is 7.65. The van der Waals surface area contributed by atoms with Gasteiger partial charge in [0.2, 0.25) is 0 Å². The van der Waals surface area contributed by atoms with Crippen LogP contribution in [-0.4, -0.2) is 44.9 Å². The molecule has 1 aromatic carbocycles. The number of primary amides is 1. The van der Waals surface area contributed by atoms with Crippen LogP contribution in [0, 0.1) is 17.1 Å². The average Bonchev–Trinajstić information content (AvgIpc) is 3.09. The van der Waals surface area contributed by atoms with E-state index in [0.717, 1.165) is 0 Å². The van der Waals surface area contributed by atoms with E-state index in [-0.39, 0.29) is 30.9 Å². The van der Waals surface area contributed by atoms with E-state index in [9.17, 15) is 19.2 Å². The molecule has 1 aliphatic rings. The third kappa shape index (κ3) is 3.73. The van der Waals surface area contributed by atoms with Crippen LogP contribution in [0.2, 0.25) is 0 Å². The van der Waals surface area contributed by atoms with Gasteiger partial charge in [-0.2, -0.15) is 10.4 Å². The summed E-state index contributed by atoms with van der Waals surface area (Å²) in [5.74, 6) is -0.910. The van der Waals surface area contributed by atoms with Gasteiger partial charge in [0.1, 0.15) is 11.4 Å². The molecular weight excluding hydrogens is 367 g/mol. The smallest absolute Gasteiger partial charge is 0.407 e. The van der Waals surface area contributed by atoms with Crippen LogP contribution in [0.25, 0.3) is 0 Å². The highest BCUT2D eigenvalue weighted by atomic mass is 19.1. The molecular formula is C18H19FN6O3. The summed E-state index contributed by atoms with van der Waals surface area (Å²) in [6.07, 6.45) is 1.33.